The second kappa shape index (κ2) is 8.84. The number of piperidine rings is 1. The first kappa shape index (κ1) is 20.8. The Kier molecular flexibility index (Phi) is 5.95. The van der Waals surface area contributed by atoms with Crippen LogP contribution < -0.4 is 0 Å². The lowest BCUT2D eigenvalue weighted by atomic mass is 9.94. The van der Waals surface area contributed by atoms with Crippen molar-refractivity contribution in [3.05, 3.63) is 28.8 Å². The largest absolute Gasteiger partial charge is 0.378 e. The van der Waals surface area contributed by atoms with Crippen LogP contribution in [0.25, 0.3) is 10.2 Å². The van der Waals surface area contributed by atoms with Crippen molar-refractivity contribution in [1.82, 2.24) is 19.7 Å². The van der Waals surface area contributed by atoms with E-state index in [1.807, 2.05) is 15.9 Å². The molecule has 31 heavy (non-hydrogen) atoms. The Morgan fingerprint density at radius 3 is 2.61 bits per heavy atom. The van der Waals surface area contributed by atoms with E-state index >= 15 is 0 Å². The first-order valence-electron chi connectivity index (χ1n) is 11.3. The Morgan fingerprint density at radius 1 is 1.06 bits per heavy atom. The number of hydrogen-bond donors (Lipinski definition) is 0. The number of amides is 2. The highest BCUT2D eigenvalue weighted by molar-refractivity contribution is 7.20. The molecule has 0 radical (unpaired) electrons. The third kappa shape index (κ3) is 4.08. The summed E-state index contributed by atoms with van der Waals surface area (Å²) < 4.78 is 5.43. The maximum absolute atomic E-state index is 13.4. The van der Waals surface area contributed by atoms with E-state index in [0.29, 0.717) is 38.8 Å². The number of thiophene rings is 1. The van der Waals surface area contributed by atoms with Gasteiger partial charge >= 0.3 is 0 Å². The number of morpholine rings is 1. The molecule has 2 aromatic heterocycles. The lowest BCUT2D eigenvalue weighted by Gasteiger charge is -2.31. The molecule has 3 aliphatic heterocycles. The number of carbonyl (C=O) groups is 2. The van der Waals surface area contributed by atoms with E-state index in [1.165, 1.54) is 11.3 Å². The minimum Gasteiger partial charge on any atom is -0.378 e. The normalized spacial score (nSPS) is 23.6. The number of aromatic nitrogens is 1. The predicted molar refractivity (Wildman–Crippen MR) is 121 cm³/mol. The van der Waals surface area contributed by atoms with E-state index < -0.39 is 0 Å². The fourth-order valence-electron chi connectivity index (χ4n) is 5.14. The van der Waals surface area contributed by atoms with Crippen molar-refractivity contribution in [2.24, 2.45) is 5.92 Å². The van der Waals surface area contributed by atoms with Crippen LogP contribution in [0, 0.1) is 5.92 Å². The highest BCUT2D eigenvalue weighted by Crippen LogP contribution is 2.40. The van der Waals surface area contributed by atoms with Crippen molar-refractivity contribution < 1.29 is 14.3 Å². The van der Waals surface area contributed by atoms with Crippen LogP contribution in [0.1, 0.15) is 40.4 Å². The average molecular weight is 443 g/mol. The highest BCUT2D eigenvalue weighted by Gasteiger charge is 2.36. The summed E-state index contributed by atoms with van der Waals surface area (Å²) in [5.74, 6) is 0.717. The van der Waals surface area contributed by atoms with Gasteiger partial charge in [0.1, 0.15) is 4.83 Å². The van der Waals surface area contributed by atoms with Gasteiger partial charge < -0.3 is 19.4 Å². The predicted octanol–water partition coefficient (Wildman–Crippen LogP) is 2.43. The van der Waals surface area contributed by atoms with Crippen LogP contribution in [0.3, 0.4) is 0 Å². The van der Waals surface area contributed by atoms with Crippen LogP contribution in [0.5, 0.6) is 0 Å². The van der Waals surface area contributed by atoms with Gasteiger partial charge in [0.25, 0.3) is 5.91 Å². The standard InChI is InChI=1S/C23H30N4O3S/c1-25-8-4-16(5-9-25)22(28)27-10-6-17(15-27)19-18-3-2-7-24-21(18)31-20(19)23(29)26-11-13-30-14-12-26/h2-3,7,16-17H,4-6,8-15H2,1H3/t17-/m0/s1. The fourth-order valence-corrected chi connectivity index (χ4v) is 6.33. The molecule has 3 saturated heterocycles. The van der Waals surface area contributed by atoms with Crippen LogP contribution >= 0.6 is 11.3 Å². The molecule has 0 spiro atoms. The van der Waals surface area contributed by atoms with Gasteiger partial charge in [-0.2, -0.15) is 0 Å². The van der Waals surface area contributed by atoms with Gasteiger partial charge in [0.15, 0.2) is 0 Å². The van der Waals surface area contributed by atoms with Gasteiger partial charge in [-0.15, -0.1) is 11.3 Å². The van der Waals surface area contributed by atoms with Crippen molar-refractivity contribution in [2.45, 2.75) is 25.2 Å². The highest BCUT2D eigenvalue weighted by atomic mass is 32.1. The molecule has 3 fully saturated rings. The molecule has 2 amide bonds. The van der Waals surface area contributed by atoms with Crippen molar-refractivity contribution in [2.75, 3.05) is 59.5 Å². The van der Waals surface area contributed by atoms with Gasteiger partial charge in [-0.25, -0.2) is 4.98 Å². The van der Waals surface area contributed by atoms with Gasteiger partial charge in [-0.1, -0.05) is 6.07 Å². The minimum absolute atomic E-state index is 0.0846. The number of carbonyl (C=O) groups excluding carboxylic acids is 2. The summed E-state index contributed by atoms with van der Waals surface area (Å²) in [5.41, 5.74) is 1.10. The lowest BCUT2D eigenvalue weighted by molar-refractivity contribution is -0.135. The third-order valence-corrected chi connectivity index (χ3v) is 8.09. The molecule has 8 heteroatoms. The Bertz CT molecular complexity index is 963. The molecule has 5 heterocycles. The van der Waals surface area contributed by atoms with Crippen LogP contribution in [0.2, 0.25) is 0 Å². The van der Waals surface area contributed by atoms with Crippen LogP contribution in [0.4, 0.5) is 0 Å². The molecule has 5 rings (SSSR count). The molecule has 0 saturated carbocycles. The first-order chi connectivity index (χ1) is 15.1. The Balaban J connectivity index is 1.39. The number of ether oxygens (including phenoxy) is 1. The molecular weight excluding hydrogens is 412 g/mol. The maximum atomic E-state index is 13.4. The molecular formula is C23H30N4O3S. The van der Waals surface area contributed by atoms with Crippen molar-refractivity contribution in [3.8, 4) is 0 Å². The summed E-state index contributed by atoms with van der Waals surface area (Å²) in [5, 5.41) is 1.07. The number of rotatable bonds is 3. The topological polar surface area (TPSA) is 66.0 Å². The van der Waals surface area contributed by atoms with Crippen LogP contribution in [-0.2, 0) is 9.53 Å². The molecule has 166 valence electrons. The summed E-state index contributed by atoms with van der Waals surface area (Å²) in [4.78, 5) is 39.1. The number of fused-ring (bicyclic) bond motifs is 1. The van der Waals surface area contributed by atoms with Gasteiger partial charge in [-0.3, -0.25) is 9.59 Å². The van der Waals surface area contributed by atoms with E-state index in [0.717, 1.165) is 59.6 Å². The molecule has 7 nitrogen and oxygen atoms in total. The molecule has 0 unspecified atom stereocenters. The third-order valence-electron chi connectivity index (χ3n) is 6.97. The van der Waals surface area contributed by atoms with E-state index in [4.69, 9.17) is 4.74 Å². The molecule has 0 N–H and O–H groups in total. The van der Waals surface area contributed by atoms with Crippen molar-refractivity contribution >= 4 is 33.4 Å². The monoisotopic (exact) mass is 442 g/mol. The van der Waals surface area contributed by atoms with Gasteiger partial charge in [-0.05, 0) is 51.0 Å². The Morgan fingerprint density at radius 2 is 1.84 bits per heavy atom. The van der Waals surface area contributed by atoms with Gasteiger partial charge in [0.2, 0.25) is 5.91 Å². The summed E-state index contributed by atoms with van der Waals surface area (Å²) in [7, 11) is 2.12. The molecule has 0 aliphatic carbocycles. The SMILES string of the molecule is CN1CCC(C(=O)N2CC[C@H](c3c(C(=O)N4CCOCC4)sc4ncccc34)C2)CC1. The molecule has 1 atom stereocenters. The molecule has 2 aromatic rings. The smallest absolute Gasteiger partial charge is 0.264 e. The summed E-state index contributed by atoms with van der Waals surface area (Å²) in [6.45, 7) is 5.91. The van der Waals surface area contributed by atoms with Gasteiger partial charge in [0, 0.05) is 49.6 Å². The van der Waals surface area contributed by atoms with E-state index in [2.05, 4.69) is 23.0 Å². The first-order valence-corrected chi connectivity index (χ1v) is 12.1. The fraction of sp³-hybridized carbons (Fsp3) is 0.609. The zero-order valence-corrected chi connectivity index (χ0v) is 18.9. The van der Waals surface area contributed by atoms with E-state index in [9.17, 15) is 9.59 Å². The van der Waals surface area contributed by atoms with E-state index in [-0.39, 0.29) is 17.7 Å². The number of pyridine rings is 1. The Hall–Kier alpha value is -2.03. The Labute approximate surface area is 187 Å². The second-order valence-electron chi connectivity index (χ2n) is 8.95. The molecule has 0 bridgehead atoms. The number of hydrogen-bond acceptors (Lipinski definition) is 6. The van der Waals surface area contributed by atoms with Crippen molar-refractivity contribution in [3.63, 3.8) is 0 Å². The van der Waals surface area contributed by atoms with Gasteiger partial charge in [0.05, 0.1) is 18.1 Å². The summed E-state index contributed by atoms with van der Waals surface area (Å²) >= 11 is 1.50. The molecule has 3 aliphatic rings. The second-order valence-corrected chi connectivity index (χ2v) is 9.95. The number of likely N-dealkylation sites (tertiary alicyclic amines) is 2. The summed E-state index contributed by atoms with van der Waals surface area (Å²) in [6, 6.07) is 4.02. The van der Waals surface area contributed by atoms with Crippen LogP contribution in [-0.4, -0.2) is 91.0 Å². The minimum atomic E-state index is 0.0846. The summed E-state index contributed by atoms with van der Waals surface area (Å²) in [6.07, 6.45) is 4.59. The van der Waals surface area contributed by atoms with E-state index in [1.54, 1.807) is 6.20 Å². The number of nitrogens with zero attached hydrogens (tertiary/aromatic N) is 4. The zero-order valence-electron chi connectivity index (χ0n) is 18.1. The van der Waals surface area contributed by atoms with Crippen molar-refractivity contribution in [1.29, 1.82) is 0 Å². The quantitative estimate of drug-likeness (QED) is 0.731. The maximum Gasteiger partial charge on any atom is 0.264 e. The molecule has 0 aromatic carbocycles. The zero-order chi connectivity index (χ0) is 21.4. The van der Waals surface area contributed by atoms with Crippen LogP contribution in [0.15, 0.2) is 18.3 Å². The lowest BCUT2D eigenvalue weighted by Crippen LogP contribution is -2.41. The average Bonchev–Trinajstić information content (AvgIpc) is 3.44.